The number of benzene rings is 1. The van der Waals surface area contributed by atoms with E-state index in [4.69, 9.17) is 0 Å². The van der Waals surface area contributed by atoms with E-state index in [9.17, 15) is 13.2 Å². The maximum atomic E-state index is 12.5. The minimum Gasteiger partial charge on any atom is -0.315 e. The topological polar surface area (TPSA) is 66.5 Å². The Labute approximate surface area is 113 Å². The molecule has 0 unspecified atom stereocenters. The van der Waals surface area contributed by atoms with Gasteiger partial charge in [0.25, 0.3) is 0 Å². The minimum atomic E-state index is -3.50. The average molecular weight is 282 g/mol. The molecule has 1 N–H and O–H groups in total. The van der Waals surface area contributed by atoms with Gasteiger partial charge in [-0.15, -0.1) is 0 Å². The van der Waals surface area contributed by atoms with Crippen molar-refractivity contribution in [2.24, 2.45) is 0 Å². The van der Waals surface area contributed by atoms with Crippen LogP contribution in [-0.2, 0) is 10.0 Å². The summed E-state index contributed by atoms with van der Waals surface area (Å²) < 4.78 is 26.5. The summed E-state index contributed by atoms with van der Waals surface area (Å²) in [5.74, 6) is -0.130. The first-order chi connectivity index (χ1) is 9.01. The molecule has 1 aromatic rings. The van der Waals surface area contributed by atoms with Crippen LogP contribution in [0.25, 0.3) is 0 Å². The highest BCUT2D eigenvalue weighted by atomic mass is 32.2. The SMILES string of the molecule is CC(=O)c1cccc(S(=O)(=O)N2CCCNCC2)c1. The maximum Gasteiger partial charge on any atom is 0.243 e. The van der Waals surface area contributed by atoms with Crippen LogP contribution in [0.3, 0.4) is 0 Å². The van der Waals surface area contributed by atoms with Gasteiger partial charge in [-0.3, -0.25) is 4.79 Å². The van der Waals surface area contributed by atoms with Gasteiger partial charge >= 0.3 is 0 Å². The lowest BCUT2D eigenvalue weighted by atomic mass is 10.2. The first-order valence-corrected chi connectivity index (χ1v) is 7.78. The summed E-state index contributed by atoms with van der Waals surface area (Å²) in [6.45, 7) is 3.90. The maximum absolute atomic E-state index is 12.5. The third-order valence-corrected chi connectivity index (χ3v) is 5.07. The molecule has 1 aliphatic heterocycles. The highest BCUT2D eigenvalue weighted by Crippen LogP contribution is 2.18. The molecular weight excluding hydrogens is 264 g/mol. The second-order valence-corrected chi connectivity index (χ2v) is 6.53. The molecule has 1 fully saturated rings. The Morgan fingerprint density at radius 1 is 1.26 bits per heavy atom. The van der Waals surface area contributed by atoms with Crippen LogP contribution < -0.4 is 5.32 Å². The molecule has 0 radical (unpaired) electrons. The van der Waals surface area contributed by atoms with E-state index >= 15 is 0 Å². The summed E-state index contributed by atoms with van der Waals surface area (Å²) in [6, 6.07) is 6.24. The smallest absolute Gasteiger partial charge is 0.243 e. The number of carbonyl (C=O) groups excluding carboxylic acids is 1. The number of nitrogens with zero attached hydrogens (tertiary/aromatic N) is 1. The van der Waals surface area contributed by atoms with E-state index in [0.29, 0.717) is 25.2 Å². The summed E-state index contributed by atoms with van der Waals surface area (Å²) in [6.07, 6.45) is 0.797. The summed E-state index contributed by atoms with van der Waals surface area (Å²) in [5.41, 5.74) is 0.425. The van der Waals surface area contributed by atoms with Crippen LogP contribution in [0.2, 0.25) is 0 Å². The van der Waals surface area contributed by atoms with E-state index in [1.54, 1.807) is 18.2 Å². The number of sulfonamides is 1. The van der Waals surface area contributed by atoms with Crippen LogP contribution in [-0.4, -0.2) is 44.7 Å². The molecule has 2 rings (SSSR count). The predicted molar refractivity (Wildman–Crippen MR) is 72.7 cm³/mol. The fraction of sp³-hybridized carbons (Fsp3) is 0.462. The van der Waals surface area contributed by atoms with Gasteiger partial charge in [-0.1, -0.05) is 12.1 Å². The molecule has 19 heavy (non-hydrogen) atoms. The highest BCUT2D eigenvalue weighted by molar-refractivity contribution is 7.89. The van der Waals surface area contributed by atoms with Gasteiger partial charge in [0, 0.05) is 25.2 Å². The zero-order valence-electron chi connectivity index (χ0n) is 10.9. The largest absolute Gasteiger partial charge is 0.315 e. The van der Waals surface area contributed by atoms with E-state index in [-0.39, 0.29) is 10.7 Å². The minimum absolute atomic E-state index is 0.130. The van der Waals surface area contributed by atoms with E-state index in [0.717, 1.165) is 13.0 Å². The Balaban J connectivity index is 2.32. The van der Waals surface area contributed by atoms with Gasteiger partial charge in [-0.05, 0) is 32.0 Å². The normalized spacial score (nSPS) is 17.9. The van der Waals surface area contributed by atoms with Gasteiger partial charge in [0.15, 0.2) is 5.78 Å². The lowest BCUT2D eigenvalue weighted by Crippen LogP contribution is -2.34. The Morgan fingerprint density at radius 2 is 2.05 bits per heavy atom. The molecule has 0 bridgehead atoms. The van der Waals surface area contributed by atoms with Gasteiger partial charge < -0.3 is 5.32 Å². The zero-order valence-corrected chi connectivity index (χ0v) is 11.7. The Bertz CT molecular complexity index is 561. The van der Waals surface area contributed by atoms with Crippen LogP contribution in [0.4, 0.5) is 0 Å². The molecule has 0 spiro atoms. The van der Waals surface area contributed by atoms with Crippen LogP contribution in [0, 0.1) is 0 Å². The summed E-state index contributed by atoms with van der Waals surface area (Å²) in [7, 11) is -3.50. The quantitative estimate of drug-likeness (QED) is 0.836. The Hall–Kier alpha value is -1.24. The number of nitrogens with one attached hydrogen (secondary N) is 1. The molecule has 1 aliphatic rings. The summed E-state index contributed by atoms with van der Waals surface area (Å²) >= 11 is 0. The number of hydrogen-bond acceptors (Lipinski definition) is 4. The van der Waals surface area contributed by atoms with Crippen LogP contribution in [0.15, 0.2) is 29.2 Å². The van der Waals surface area contributed by atoms with E-state index in [2.05, 4.69) is 5.32 Å². The molecule has 5 nitrogen and oxygen atoms in total. The van der Waals surface area contributed by atoms with E-state index in [1.165, 1.54) is 17.3 Å². The van der Waals surface area contributed by atoms with Crippen molar-refractivity contribution in [2.75, 3.05) is 26.2 Å². The van der Waals surface area contributed by atoms with Crippen LogP contribution in [0.1, 0.15) is 23.7 Å². The molecule has 104 valence electrons. The molecule has 1 saturated heterocycles. The monoisotopic (exact) mass is 282 g/mol. The van der Waals surface area contributed by atoms with Crippen molar-refractivity contribution in [1.82, 2.24) is 9.62 Å². The third kappa shape index (κ3) is 3.20. The predicted octanol–water partition coefficient (Wildman–Crippen LogP) is 0.873. The van der Waals surface area contributed by atoms with Gasteiger partial charge in [-0.25, -0.2) is 8.42 Å². The second-order valence-electron chi connectivity index (χ2n) is 4.59. The molecule has 6 heteroatoms. The molecule has 0 amide bonds. The number of rotatable bonds is 3. The lowest BCUT2D eigenvalue weighted by Gasteiger charge is -2.19. The molecule has 1 heterocycles. The Kier molecular flexibility index (Phi) is 4.34. The van der Waals surface area contributed by atoms with Gasteiger partial charge in [0.05, 0.1) is 4.90 Å². The molecule has 0 aliphatic carbocycles. The van der Waals surface area contributed by atoms with Crippen molar-refractivity contribution in [3.05, 3.63) is 29.8 Å². The molecule has 0 atom stereocenters. The summed E-state index contributed by atoms with van der Waals surface area (Å²) in [5, 5.41) is 3.17. The lowest BCUT2D eigenvalue weighted by molar-refractivity contribution is 0.101. The van der Waals surface area contributed by atoms with Crippen molar-refractivity contribution in [3.8, 4) is 0 Å². The number of Topliss-reactive ketones (excluding diaryl/α,β-unsaturated/α-hetero) is 1. The van der Waals surface area contributed by atoms with Gasteiger partial charge in [-0.2, -0.15) is 4.31 Å². The van der Waals surface area contributed by atoms with Crippen LogP contribution in [0.5, 0.6) is 0 Å². The number of carbonyl (C=O) groups is 1. The molecule has 0 aromatic heterocycles. The average Bonchev–Trinajstić information content (AvgIpc) is 2.68. The second kappa shape index (κ2) is 5.81. The van der Waals surface area contributed by atoms with Crippen molar-refractivity contribution in [3.63, 3.8) is 0 Å². The number of hydrogen-bond donors (Lipinski definition) is 1. The molecule has 1 aromatic carbocycles. The van der Waals surface area contributed by atoms with Gasteiger partial charge in [0.2, 0.25) is 10.0 Å². The number of ketones is 1. The highest BCUT2D eigenvalue weighted by Gasteiger charge is 2.25. The summed E-state index contributed by atoms with van der Waals surface area (Å²) in [4.78, 5) is 11.5. The van der Waals surface area contributed by atoms with Crippen molar-refractivity contribution in [1.29, 1.82) is 0 Å². The van der Waals surface area contributed by atoms with Gasteiger partial charge in [0.1, 0.15) is 0 Å². The van der Waals surface area contributed by atoms with Crippen molar-refractivity contribution in [2.45, 2.75) is 18.2 Å². The standard InChI is InChI=1S/C13H18N2O3S/c1-11(16)12-4-2-5-13(10-12)19(17,18)15-8-3-6-14-7-9-15/h2,4-5,10,14H,3,6-9H2,1H3. The zero-order chi connectivity index (χ0) is 13.9. The van der Waals surface area contributed by atoms with Crippen molar-refractivity contribution < 1.29 is 13.2 Å². The van der Waals surface area contributed by atoms with Crippen LogP contribution >= 0.6 is 0 Å². The fourth-order valence-electron chi connectivity index (χ4n) is 2.09. The molecular formula is C13H18N2O3S. The van der Waals surface area contributed by atoms with Crippen molar-refractivity contribution >= 4 is 15.8 Å². The third-order valence-electron chi connectivity index (χ3n) is 3.18. The van der Waals surface area contributed by atoms with E-state index < -0.39 is 10.0 Å². The molecule has 0 saturated carbocycles. The first kappa shape index (κ1) is 14.2. The Morgan fingerprint density at radius 3 is 2.79 bits per heavy atom. The first-order valence-electron chi connectivity index (χ1n) is 6.34. The fourth-order valence-corrected chi connectivity index (χ4v) is 3.61. The van der Waals surface area contributed by atoms with E-state index in [1.807, 2.05) is 0 Å².